The van der Waals surface area contributed by atoms with Gasteiger partial charge in [-0.3, -0.25) is 14.7 Å². The van der Waals surface area contributed by atoms with E-state index in [4.69, 9.17) is 10.2 Å². The summed E-state index contributed by atoms with van der Waals surface area (Å²) in [5.74, 6) is 0.606. The SMILES string of the molecule is Cc1nc([C@@H]2CN(C(=O)c3cc(C)n(Cc4ccco4)c3C)C[C@H]2C(N)=O)n[nH]1. The lowest BCUT2D eigenvalue weighted by Crippen LogP contribution is -2.32. The van der Waals surface area contributed by atoms with Gasteiger partial charge in [-0.25, -0.2) is 4.98 Å². The number of aryl methyl sites for hydroxylation is 2. The van der Waals surface area contributed by atoms with Crippen molar-refractivity contribution in [3.05, 3.63) is 58.8 Å². The molecule has 1 aliphatic heterocycles. The average molecular weight is 396 g/mol. The van der Waals surface area contributed by atoms with Crippen LogP contribution in [0.3, 0.4) is 0 Å². The number of carbonyl (C=O) groups excluding carboxylic acids is 2. The number of primary amides is 1. The zero-order valence-corrected chi connectivity index (χ0v) is 16.7. The number of H-pyrrole nitrogens is 1. The van der Waals surface area contributed by atoms with Crippen molar-refractivity contribution < 1.29 is 14.0 Å². The van der Waals surface area contributed by atoms with Crippen molar-refractivity contribution in [3.63, 3.8) is 0 Å². The first-order chi connectivity index (χ1) is 13.8. The van der Waals surface area contributed by atoms with Gasteiger partial charge >= 0.3 is 0 Å². The first-order valence-corrected chi connectivity index (χ1v) is 9.51. The third kappa shape index (κ3) is 3.43. The van der Waals surface area contributed by atoms with Gasteiger partial charge in [-0.05, 0) is 39.0 Å². The molecule has 0 unspecified atom stereocenters. The van der Waals surface area contributed by atoms with E-state index in [9.17, 15) is 9.59 Å². The molecule has 2 amide bonds. The lowest BCUT2D eigenvalue weighted by Gasteiger charge is -2.16. The zero-order valence-electron chi connectivity index (χ0n) is 16.7. The fourth-order valence-electron chi connectivity index (χ4n) is 4.04. The van der Waals surface area contributed by atoms with E-state index in [1.807, 2.05) is 36.6 Å². The highest BCUT2D eigenvalue weighted by atomic mass is 16.3. The van der Waals surface area contributed by atoms with Crippen LogP contribution in [0.4, 0.5) is 0 Å². The van der Waals surface area contributed by atoms with Gasteiger partial charge in [0.15, 0.2) is 5.82 Å². The lowest BCUT2D eigenvalue weighted by molar-refractivity contribution is -0.121. The molecule has 1 aliphatic rings. The summed E-state index contributed by atoms with van der Waals surface area (Å²) < 4.78 is 7.48. The minimum absolute atomic E-state index is 0.121. The molecule has 4 heterocycles. The van der Waals surface area contributed by atoms with Crippen LogP contribution in [0.5, 0.6) is 0 Å². The highest BCUT2D eigenvalue weighted by molar-refractivity contribution is 5.96. The fraction of sp³-hybridized carbons (Fsp3) is 0.400. The third-order valence-electron chi connectivity index (χ3n) is 5.62. The lowest BCUT2D eigenvalue weighted by atomic mass is 9.95. The Labute approximate surface area is 167 Å². The number of hydrogen-bond acceptors (Lipinski definition) is 5. The van der Waals surface area contributed by atoms with Crippen LogP contribution in [0, 0.1) is 26.7 Å². The maximum atomic E-state index is 13.3. The number of amides is 2. The fourth-order valence-corrected chi connectivity index (χ4v) is 4.04. The maximum Gasteiger partial charge on any atom is 0.255 e. The number of likely N-dealkylation sites (tertiary alicyclic amines) is 1. The monoisotopic (exact) mass is 396 g/mol. The van der Waals surface area contributed by atoms with Gasteiger partial charge in [0.05, 0.1) is 30.2 Å². The molecule has 3 N–H and O–H groups in total. The van der Waals surface area contributed by atoms with Gasteiger partial charge in [0, 0.05) is 24.5 Å². The number of hydrogen-bond donors (Lipinski definition) is 2. The predicted molar refractivity (Wildman–Crippen MR) is 104 cm³/mol. The van der Waals surface area contributed by atoms with Crippen LogP contribution in [-0.2, 0) is 11.3 Å². The van der Waals surface area contributed by atoms with Crippen molar-refractivity contribution in [2.24, 2.45) is 11.7 Å². The Balaban J connectivity index is 1.59. The molecule has 0 saturated carbocycles. The highest BCUT2D eigenvalue weighted by Crippen LogP contribution is 2.32. The Kier molecular flexibility index (Phi) is 4.73. The summed E-state index contributed by atoms with van der Waals surface area (Å²) in [5.41, 5.74) is 8.05. The first kappa shape index (κ1) is 19.0. The molecule has 3 aromatic rings. The minimum atomic E-state index is -0.513. The maximum absolute atomic E-state index is 13.3. The summed E-state index contributed by atoms with van der Waals surface area (Å²) in [6.45, 7) is 6.84. The van der Waals surface area contributed by atoms with E-state index >= 15 is 0 Å². The second-order valence-corrected chi connectivity index (χ2v) is 7.55. The van der Waals surface area contributed by atoms with E-state index < -0.39 is 11.8 Å². The molecule has 1 saturated heterocycles. The van der Waals surface area contributed by atoms with Crippen molar-refractivity contribution in [1.29, 1.82) is 0 Å². The quantitative estimate of drug-likeness (QED) is 0.677. The van der Waals surface area contributed by atoms with Gasteiger partial charge in [-0.1, -0.05) is 0 Å². The summed E-state index contributed by atoms with van der Waals surface area (Å²) in [4.78, 5) is 31.3. The molecule has 4 rings (SSSR count). The number of carbonyl (C=O) groups is 2. The van der Waals surface area contributed by atoms with Crippen molar-refractivity contribution in [1.82, 2.24) is 24.6 Å². The van der Waals surface area contributed by atoms with Crippen molar-refractivity contribution in [3.8, 4) is 0 Å². The number of nitrogens with two attached hydrogens (primary N) is 1. The molecular weight excluding hydrogens is 372 g/mol. The molecule has 9 heteroatoms. The summed E-state index contributed by atoms with van der Waals surface area (Å²) in [5, 5.41) is 6.97. The molecule has 152 valence electrons. The zero-order chi connectivity index (χ0) is 20.7. The number of nitrogens with zero attached hydrogens (tertiary/aromatic N) is 4. The number of furan rings is 1. The Morgan fingerprint density at radius 3 is 2.72 bits per heavy atom. The van der Waals surface area contributed by atoms with Crippen LogP contribution >= 0.6 is 0 Å². The third-order valence-corrected chi connectivity index (χ3v) is 5.62. The molecule has 29 heavy (non-hydrogen) atoms. The normalized spacial score (nSPS) is 19.1. The van der Waals surface area contributed by atoms with Crippen LogP contribution < -0.4 is 5.73 Å². The van der Waals surface area contributed by atoms with Crippen LogP contribution in [0.2, 0.25) is 0 Å². The van der Waals surface area contributed by atoms with E-state index in [0.717, 1.165) is 17.1 Å². The highest BCUT2D eigenvalue weighted by Gasteiger charge is 2.42. The van der Waals surface area contributed by atoms with Gasteiger partial charge in [0.25, 0.3) is 5.91 Å². The van der Waals surface area contributed by atoms with Gasteiger partial charge in [-0.2, -0.15) is 5.10 Å². The van der Waals surface area contributed by atoms with Crippen molar-refractivity contribution in [2.75, 3.05) is 13.1 Å². The molecule has 0 aromatic carbocycles. The molecule has 3 aromatic heterocycles. The minimum Gasteiger partial charge on any atom is -0.467 e. The summed E-state index contributed by atoms with van der Waals surface area (Å²) in [7, 11) is 0. The molecule has 0 radical (unpaired) electrons. The summed E-state index contributed by atoms with van der Waals surface area (Å²) in [6, 6.07) is 5.63. The standard InChI is InChI=1S/C20H24N6O3/c1-11-7-15(12(2)26(11)8-14-5-4-6-29-14)20(28)25-9-16(18(21)27)17(10-25)19-22-13(3)23-24-19/h4-7,16-17H,8-10H2,1-3H3,(H2,21,27)(H,22,23,24)/t16-,17-/m1/s1. The van der Waals surface area contributed by atoms with Crippen LogP contribution in [0.15, 0.2) is 28.9 Å². The number of aromatic amines is 1. The molecule has 9 nitrogen and oxygen atoms in total. The Hall–Kier alpha value is -3.36. The Morgan fingerprint density at radius 2 is 2.10 bits per heavy atom. The largest absolute Gasteiger partial charge is 0.467 e. The second kappa shape index (κ2) is 7.23. The topological polar surface area (TPSA) is 123 Å². The van der Waals surface area contributed by atoms with Crippen molar-refractivity contribution in [2.45, 2.75) is 33.2 Å². The molecule has 1 fully saturated rings. The summed E-state index contributed by atoms with van der Waals surface area (Å²) in [6.07, 6.45) is 1.63. The first-order valence-electron chi connectivity index (χ1n) is 9.51. The predicted octanol–water partition coefficient (Wildman–Crippen LogP) is 1.51. The van der Waals surface area contributed by atoms with Crippen LogP contribution in [0.1, 0.15) is 45.1 Å². The van der Waals surface area contributed by atoms with E-state index in [1.54, 1.807) is 18.1 Å². The summed E-state index contributed by atoms with van der Waals surface area (Å²) >= 11 is 0. The smallest absolute Gasteiger partial charge is 0.255 e. The average Bonchev–Trinajstić information content (AvgIpc) is 3.45. The Morgan fingerprint density at radius 1 is 1.31 bits per heavy atom. The van der Waals surface area contributed by atoms with E-state index in [2.05, 4.69) is 15.2 Å². The van der Waals surface area contributed by atoms with Crippen molar-refractivity contribution >= 4 is 11.8 Å². The number of rotatable bonds is 5. The molecule has 0 spiro atoms. The van der Waals surface area contributed by atoms with E-state index in [1.165, 1.54) is 0 Å². The second-order valence-electron chi connectivity index (χ2n) is 7.55. The van der Waals surface area contributed by atoms with Gasteiger partial charge in [0.2, 0.25) is 5.91 Å². The number of nitrogens with one attached hydrogen (secondary N) is 1. The van der Waals surface area contributed by atoms with E-state index in [-0.39, 0.29) is 18.4 Å². The molecule has 2 atom stereocenters. The Bertz CT molecular complexity index is 1050. The number of aromatic nitrogens is 4. The van der Waals surface area contributed by atoms with Crippen LogP contribution in [-0.4, -0.2) is 49.6 Å². The molecule has 0 aliphatic carbocycles. The van der Waals surface area contributed by atoms with Gasteiger partial charge < -0.3 is 19.6 Å². The van der Waals surface area contributed by atoms with Gasteiger partial charge in [-0.15, -0.1) is 0 Å². The van der Waals surface area contributed by atoms with Gasteiger partial charge in [0.1, 0.15) is 11.6 Å². The van der Waals surface area contributed by atoms with E-state index in [0.29, 0.717) is 30.3 Å². The molecule has 0 bridgehead atoms. The van der Waals surface area contributed by atoms with Crippen LogP contribution in [0.25, 0.3) is 0 Å². The molecular formula is C20H24N6O3.